The molecule has 0 aliphatic rings. The van der Waals surface area contributed by atoms with E-state index in [1.54, 1.807) is 66.9 Å². The second-order valence-corrected chi connectivity index (χ2v) is 6.82. The molecule has 0 saturated heterocycles. The summed E-state index contributed by atoms with van der Waals surface area (Å²) in [6.45, 7) is 1.86. The Morgan fingerprint density at radius 3 is 2.42 bits per heavy atom. The summed E-state index contributed by atoms with van der Waals surface area (Å²) in [5, 5.41) is 6.12. The van der Waals surface area contributed by atoms with Crippen molar-refractivity contribution in [3.63, 3.8) is 0 Å². The molecule has 2 aromatic carbocycles. The average molecular weight is 413 g/mol. The molecule has 4 rings (SSSR count). The van der Waals surface area contributed by atoms with E-state index in [-0.39, 0.29) is 5.91 Å². The summed E-state index contributed by atoms with van der Waals surface area (Å²) in [6.07, 6.45) is 2.44. The van der Waals surface area contributed by atoms with Crippen LogP contribution in [0.15, 0.2) is 73.1 Å². The van der Waals surface area contributed by atoms with Crippen LogP contribution < -0.4 is 21.1 Å². The normalized spacial score (nSPS) is 10.5. The molecular weight excluding hydrogens is 394 g/mol. The first-order chi connectivity index (χ1) is 15.0. The smallest absolute Gasteiger partial charge is 0.410 e. The van der Waals surface area contributed by atoms with Gasteiger partial charge in [0.25, 0.3) is 5.91 Å². The number of nitrogens with two attached hydrogens (primary N) is 1. The lowest BCUT2D eigenvalue weighted by Gasteiger charge is -2.10. The number of carbonyl (C=O) groups excluding carboxylic acids is 2. The number of ether oxygens (including phenoxy) is 1. The maximum absolute atomic E-state index is 12.2. The number of nitrogens with zero attached hydrogens (tertiary/aromatic N) is 2. The predicted molar refractivity (Wildman–Crippen MR) is 119 cm³/mol. The molecule has 2 heterocycles. The Bertz CT molecular complexity index is 1260. The first-order valence-electron chi connectivity index (χ1n) is 9.45. The minimum atomic E-state index is -0.648. The number of benzene rings is 2. The summed E-state index contributed by atoms with van der Waals surface area (Å²) >= 11 is 0. The third-order valence-corrected chi connectivity index (χ3v) is 4.46. The van der Waals surface area contributed by atoms with Gasteiger partial charge in [-0.3, -0.25) is 20.1 Å². The van der Waals surface area contributed by atoms with Crippen LogP contribution in [0.5, 0.6) is 5.75 Å². The molecule has 4 N–H and O–H groups in total. The highest BCUT2D eigenvalue weighted by Crippen LogP contribution is 2.25. The van der Waals surface area contributed by atoms with Crippen molar-refractivity contribution in [2.45, 2.75) is 6.92 Å². The Morgan fingerprint density at radius 2 is 1.71 bits per heavy atom. The molecule has 0 aliphatic carbocycles. The first-order valence-corrected chi connectivity index (χ1v) is 9.45. The summed E-state index contributed by atoms with van der Waals surface area (Å²) < 4.78 is 5.35. The second kappa shape index (κ2) is 8.50. The van der Waals surface area contributed by atoms with Crippen LogP contribution in [0.25, 0.3) is 10.9 Å². The van der Waals surface area contributed by atoms with Gasteiger partial charge in [0.05, 0.1) is 11.1 Å². The third kappa shape index (κ3) is 4.76. The number of rotatable bonds is 4. The monoisotopic (exact) mass is 413 g/mol. The van der Waals surface area contributed by atoms with Crippen LogP contribution in [0.2, 0.25) is 0 Å². The second-order valence-electron chi connectivity index (χ2n) is 6.82. The lowest BCUT2D eigenvalue weighted by atomic mass is 10.1. The van der Waals surface area contributed by atoms with Crippen LogP contribution in [0.3, 0.4) is 0 Å². The zero-order valence-electron chi connectivity index (χ0n) is 16.6. The zero-order chi connectivity index (χ0) is 21.8. The molecule has 0 fully saturated rings. The molecule has 0 bridgehead atoms. The molecule has 2 amide bonds. The summed E-state index contributed by atoms with van der Waals surface area (Å²) in [6, 6.07) is 16.9. The Balaban J connectivity index is 1.38. The Hall–Kier alpha value is -4.46. The van der Waals surface area contributed by atoms with E-state index in [0.29, 0.717) is 33.8 Å². The molecule has 0 aliphatic heterocycles. The largest absolute Gasteiger partial charge is 0.417 e. The minimum Gasteiger partial charge on any atom is -0.410 e. The molecule has 0 spiro atoms. The van der Waals surface area contributed by atoms with Gasteiger partial charge in [0.1, 0.15) is 5.75 Å². The standard InChI is InChI=1S/C23H19N5O3/c1-14-11-20(24)19-12-18(8-9-21(19)26-14)31-23(30)28-17-6-4-16(5-7-17)27-22(29)15-3-2-10-25-13-15/h2-13H,1H3,(H2,24,26)(H,27,29)(H,28,30). The fourth-order valence-electron chi connectivity index (χ4n) is 3.02. The highest BCUT2D eigenvalue weighted by molar-refractivity contribution is 6.04. The van der Waals surface area contributed by atoms with Crippen LogP contribution in [0.1, 0.15) is 16.1 Å². The molecule has 31 heavy (non-hydrogen) atoms. The van der Waals surface area contributed by atoms with Crippen molar-refractivity contribution in [1.29, 1.82) is 0 Å². The number of anilines is 3. The maximum Gasteiger partial charge on any atom is 0.417 e. The van der Waals surface area contributed by atoms with Gasteiger partial charge in [-0.05, 0) is 67.6 Å². The van der Waals surface area contributed by atoms with E-state index in [1.807, 2.05) is 6.92 Å². The van der Waals surface area contributed by atoms with E-state index in [2.05, 4.69) is 20.6 Å². The van der Waals surface area contributed by atoms with Gasteiger partial charge in [-0.15, -0.1) is 0 Å². The highest BCUT2D eigenvalue weighted by Gasteiger charge is 2.09. The topological polar surface area (TPSA) is 119 Å². The van der Waals surface area contributed by atoms with E-state index in [1.165, 1.54) is 6.20 Å². The number of nitrogens with one attached hydrogen (secondary N) is 2. The molecule has 154 valence electrons. The third-order valence-electron chi connectivity index (χ3n) is 4.46. The van der Waals surface area contributed by atoms with Crippen molar-refractivity contribution >= 4 is 40.0 Å². The van der Waals surface area contributed by atoms with Crippen LogP contribution in [0.4, 0.5) is 21.9 Å². The summed E-state index contributed by atoms with van der Waals surface area (Å²) in [4.78, 5) is 32.7. The number of fused-ring (bicyclic) bond motifs is 1. The van der Waals surface area contributed by atoms with Gasteiger partial charge in [0.15, 0.2) is 0 Å². The summed E-state index contributed by atoms with van der Waals surface area (Å²) in [5.41, 5.74) is 9.70. The van der Waals surface area contributed by atoms with Crippen molar-refractivity contribution < 1.29 is 14.3 Å². The van der Waals surface area contributed by atoms with E-state index >= 15 is 0 Å². The maximum atomic E-state index is 12.2. The van der Waals surface area contributed by atoms with E-state index < -0.39 is 6.09 Å². The number of hydrogen-bond donors (Lipinski definition) is 3. The van der Waals surface area contributed by atoms with E-state index in [9.17, 15) is 9.59 Å². The number of nitrogen functional groups attached to an aromatic ring is 1. The van der Waals surface area contributed by atoms with E-state index in [4.69, 9.17) is 10.5 Å². The van der Waals surface area contributed by atoms with Gasteiger partial charge in [-0.2, -0.15) is 0 Å². The summed E-state index contributed by atoms with van der Waals surface area (Å²) in [7, 11) is 0. The first kappa shape index (κ1) is 19.8. The number of amides is 2. The number of aryl methyl sites for hydroxylation is 1. The Labute approximate surface area is 178 Å². The molecule has 0 saturated carbocycles. The van der Waals surface area contributed by atoms with Gasteiger partial charge in [0.2, 0.25) is 0 Å². The number of aromatic nitrogens is 2. The quantitative estimate of drug-likeness (QED) is 0.457. The van der Waals surface area contributed by atoms with Crippen molar-refractivity contribution in [1.82, 2.24) is 9.97 Å². The van der Waals surface area contributed by atoms with Gasteiger partial charge < -0.3 is 15.8 Å². The van der Waals surface area contributed by atoms with Crippen LogP contribution in [0, 0.1) is 6.92 Å². The number of hydrogen-bond acceptors (Lipinski definition) is 6. The van der Waals surface area contributed by atoms with Crippen molar-refractivity contribution in [3.05, 3.63) is 84.3 Å². The van der Waals surface area contributed by atoms with Crippen molar-refractivity contribution in [2.75, 3.05) is 16.4 Å². The highest BCUT2D eigenvalue weighted by atomic mass is 16.6. The van der Waals surface area contributed by atoms with Crippen LogP contribution in [-0.4, -0.2) is 22.0 Å². The molecule has 0 atom stereocenters. The Kier molecular flexibility index (Phi) is 5.44. The molecular formula is C23H19N5O3. The van der Waals surface area contributed by atoms with Gasteiger partial charge >= 0.3 is 6.09 Å². The molecule has 2 aromatic heterocycles. The summed E-state index contributed by atoms with van der Waals surface area (Å²) in [5.74, 6) is 0.0798. The number of pyridine rings is 2. The van der Waals surface area contributed by atoms with E-state index in [0.717, 1.165) is 11.2 Å². The van der Waals surface area contributed by atoms with Crippen molar-refractivity contribution in [2.24, 2.45) is 0 Å². The predicted octanol–water partition coefficient (Wildman–Crippen LogP) is 4.38. The van der Waals surface area contributed by atoms with Gasteiger partial charge in [-0.1, -0.05) is 0 Å². The molecule has 0 radical (unpaired) electrons. The zero-order valence-corrected chi connectivity index (χ0v) is 16.6. The van der Waals surface area contributed by atoms with Gasteiger partial charge in [-0.25, -0.2) is 4.79 Å². The fraction of sp³-hybridized carbons (Fsp3) is 0.0435. The molecule has 8 heteroatoms. The number of carbonyl (C=O) groups is 2. The minimum absolute atomic E-state index is 0.270. The van der Waals surface area contributed by atoms with Gasteiger partial charge in [0, 0.05) is 40.5 Å². The molecule has 8 nitrogen and oxygen atoms in total. The molecule has 0 unspecified atom stereocenters. The molecule has 4 aromatic rings. The van der Waals surface area contributed by atoms with Crippen LogP contribution >= 0.6 is 0 Å². The van der Waals surface area contributed by atoms with Crippen LogP contribution in [-0.2, 0) is 0 Å². The van der Waals surface area contributed by atoms with Crippen molar-refractivity contribution in [3.8, 4) is 5.75 Å². The average Bonchev–Trinajstić information content (AvgIpc) is 2.76. The SMILES string of the molecule is Cc1cc(N)c2cc(OC(=O)Nc3ccc(NC(=O)c4cccnc4)cc3)ccc2n1. The lowest BCUT2D eigenvalue weighted by Crippen LogP contribution is -2.17. The fourth-order valence-corrected chi connectivity index (χ4v) is 3.02. The Morgan fingerprint density at radius 1 is 0.968 bits per heavy atom. The lowest BCUT2D eigenvalue weighted by molar-refractivity contribution is 0.102.